The predicted molar refractivity (Wildman–Crippen MR) is 77.0 cm³/mol. The monoisotopic (exact) mass is 302 g/mol. The Labute approximate surface area is 122 Å². The van der Waals surface area contributed by atoms with Crippen LogP contribution in [0.1, 0.15) is 12.8 Å². The molecule has 0 aromatic heterocycles. The van der Waals surface area contributed by atoms with E-state index in [9.17, 15) is 4.79 Å². The lowest BCUT2D eigenvalue weighted by Crippen LogP contribution is -2.31. The van der Waals surface area contributed by atoms with Crippen LogP contribution in [0.3, 0.4) is 0 Å². The van der Waals surface area contributed by atoms with Gasteiger partial charge in [-0.1, -0.05) is 23.2 Å². The van der Waals surface area contributed by atoms with E-state index in [0.717, 1.165) is 25.9 Å². The van der Waals surface area contributed by atoms with E-state index in [1.54, 1.807) is 18.2 Å². The minimum Gasteiger partial charge on any atom is -0.449 e. The van der Waals surface area contributed by atoms with Gasteiger partial charge in [0.1, 0.15) is 0 Å². The Bertz CT molecular complexity index is 428. The van der Waals surface area contributed by atoms with E-state index in [1.165, 1.54) is 0 Å². The molecule has 1 aliphatic heterocycles. The van der Waals surface area contributed by atoms with Gasteiger partial charge in [0.25, 0.3) is 0 Å². The molecular formula is C13H16Cl2N2O2. The Morgan fingerprint density at radius 3 is 2.53 bits per heavy atom. The van der Waals surface area contributed by atoms with E-state index in [0.29, 0.717) is 28.3 Å². The van der Waals surface area contributed by atoms with Gasteiger partial charge in [-0.15, -0.1) is 0 Å². The maximum atomic E-state index is 11.6. The average molecular weight is 303 g/mol. The number of carbonyl (C=O) groups excluding carboxylic acids is 1. The van der Waals surface area contributed by atoms with Crippen LogP contribution >= 0.6 is 23.2 Å². The van der Waals surface area contributed by atoms with Gasteiger partial charge in [0, 0.05) is 15.7 Å². The SMILES string of the molecule is O=C(Nc1cc(Cl)cc(Cl)c1)OCC1CCNCC1. The number of ether oxygens (including phenoxy) is 1. The molecule has 0 spiro atoms. The third-order valence-electron chi connectivity index (χ3n) is 3.02. The Hall–Kier alpha value is -0.970. The van der Waals surface area contributed by atoms with Crippen LogP contribution in [0.5, 0.6) is 0 Å². The van der Waals surface area contributed by atoms with Crippen molar-refractivity contribution in [2.45, 2.75) is 12.8 Å². The molecule has 1 aromatic carbocycles. The Kier molecular flexibility index (Phi) is 5.31. The van der Waals surface area contributed by atoms with Crippen LogP contribution in [0, 0.1) is 5.92 Å². The van der Waals surface area contributed by atoms with Crippen molar-refractivity contribution in [3.63, 3.8) is 0 Å². The first kappa shape index (κ1) is 14.4. The van der Waals surface area contributed by atoms with E-state index in [1.807, 2.05) is 0 Å². The Morgan fingerprint density at radius 2 is 1.89 bits per heavy atom. The van der Waals surface area contributed by atoms with Crippen LogP contribution < -0.4 is 10.6 Å². The van der Waals surface area contributed by atoms with Gasteiger partial charge in [-0.05, 0) is 50.0 Å². The molecule has 1 fully saturated rings. The molecule has 1 aliphatic rings. The Morgan fingerprint density at radius 1 is 1.26 bits per heavy atom. The summed E-state index contributed by atoms with van der Waals surface area (Å²) in [5.41, 5.74) is 0.535. The fourth-order valence-corrected chi connectivity index (χ4v) is 2.55. The smallest absolute Gasteiger partial charge is 0.411 e. The molecule has 0 bridgehead atoms. The molecule has 2 N–H and O–H groups in total. The van der Waals surface area contributed by atoms with E-state index in [2.05, 4.69) is 10.6 Å². The van der Waals surface area contributed by atoms with Crippen LogP contribution in [0.4, 0.5) is 10.5 Å². The predicted octanol–water partition coefficient (Wildman–Crippen LogP) is 3.54. The molecular weight excluding hydrogens is 287 g/mol. The molecule has 104 valence electrons. The minimum absolute atomic E-state index is 0.440. The van der Waals surface area contributed by atoms with Crippen molar-refractivity contribution in [2.24, 2.45) is 5.92 Å². The summed E-state index contributed by atoms with van der Waals surface area (Å²) in [6.45, 7) is 2.42. The maximum absolute atomic E-state index is 11.6. The lowest BCUT2D eigenvalue weighted by Gasteiger charge is -2.22. The second-order valence-corrected chi connectivity index (χ2v) is 5.45. The molecule has 1 saturated heterocycles. The molecule has 0 unspecified atom stereocenters. The second kappa shape index (κ2) is 6.98. The van der Waals surface area contributed by atoms with Gasteiger partial charge in [-0.3, -0.25) is 5.32 Å². The van der Waals surface area contributed by atoms with Gasteiger partial charge in [0.05, 0.1) is 6.61 Å². The number of halogens is 2. The zero-order valence-corrected chi connectivity index (χ0v) is 11.9. The van der Waals surface area contributed by atoms with Crippen molar-refractivity contribution >= 4 is 35.0 Å². The van der Waals surface area contributed by atoms with Crippen molar-refractivity contribution in [1.29, 1.82) is 0 Å². The molecule has 0 radical (unpaired) electrons. The highest BCUT2D eigenvalue weighted by Crippen LogP contribution is 2.22. The first-order valence-electron chi connectivity index (χ1n) is 6.24. The van der Waals surface area contributed by atoms with Crippen LogP contribution in [0.2, 0.25) is 10.0 Å². The number of carbonyl (C=O) groups is 1. The standard InChI is InChI=1S/C13H16Cl2N2O2/c14-10-5-11(15)7-12(6-10)17-13(18)19-8-9-1-3-16-4-2-9/h5-7,9,16H,1-4,8H2,(H,17,18). The Balaban J connectivity index is 1.80. The number of benzene rings is 1. The van der Waals surface area contributed by atoms with Crippen LogP contribution in [-0.4, -0.2) is 25.8 Å². The van der Waals surface area contributed by atoms with Crippen LogP contribution in [0.15, 0.2) is 18.2 Å². The molecule has 1 aromatic rings. The summed E-state index contributed by atoms with van der Waals surface area (Å²) in [4.78, 5) is 11.6. The highest BCUT2D eigenvalue weighted by molar-refractivity contribution is 6.35. The first-order chi connectivity index (χ1) is 9.13. The van der Waals surface area contributed by atoms with Gasteiger partial charge in [0.2, 0.25) is 0 Å². The van der Waals surface area contributed by atoms with Crippen molar-refractivity contribution in [2.75, 3.05) is 25.0 Å². The van der Waals surface area contributed by atoms with Gasteiger partial charge >= 0.3 is 6.09 Å². The van der Waals surface area contributed by atoms with E-state index >= 15 is 0 Å². The minimum atomic E-state index is -0.475. The highest BCUT2D eigenvalue weighted by atomic mass is 35.5. The maximum Gasteiger partial charge on any atom is 0.411 e. The van der Waals surface area contributed by atoms with Crippen molar-refractivity contribution in [3.05, 3.63) is 28.2 Å². The molecule has 19 heavy (non-hydrogen) atoms. The third-order valence-corrected chi connectivity index (χ3v) is 3.45. The molecule has 0 atom stereocenters. The normalized spacial score (nSPS) is 16.1. The van der Waals surface area contributed by atoms with Crippen molar-refractivity contribution in [1.82, 2.24) is 5.32 Å². The number of amides is 1. The number of rotatable bonds is 3. The third kappa shape index (κ3) is 4.90. The molecule has 4 nitrogen and oxygen atoms in total. The zero-order valence-electron chi connectivity index (χ0n) is 10.4. The summed E-state index contributed by atoms with van der Waals surface area (Å²) in [6, 6.07) is 4.85. The summed E-state index contributed by atoms with van der Waals surface area (Å²) in [7, 11) is 0. The molecule has 1 heterocycles. The second-order valence-electron chi connectivity index (χ2n) is 4.57. The number of nitrogens with one attached hydrogen (secondary N) is 2. The van der Waals surface area contributed by atoms with Gasteiger partial charge < -0.3 is 10.1 Å². The van der Waals surface area contributed by atoms with Gasteiger partial charge in [-0.2, -0.15) is 0 Å². The van der Waals surface area contributed by atoms with Crippen molar-refractivity contribution in [3.8, 4) is 0 Å². The summed E-state index contributed by atoms with van der Waals surface area (Å²) >= 11 is 11.7. The zero-order chi connectivity index (χ0) is 13.7. The lowest BCUT2D eigenvalue weighted by molar-refractivity contribution is 0.131. The number of piperidine rings is 1. The quantitative estimate of drug-likeness (QED) is 0.898. The molecule has 0 saturated carbocycles. The van der Waals surface area contributed by atoms with Crippen LogP contribution in [-0.2, 0) is 4.74 Å². The van der Waals surface area contributed by atoms with Gasteiger partial charge in [0.15, 0.2) is 0 Å². The molecule has 1 amide bonds. The summed E-state index contributed by atoms with van der Waals surface area (Å²) in [6.07, 6.45) is 1.60. The topological polar surface area (TPSA) is 50.4 Å². The first-order valence-corrected chi connectivity index (χ1v) is 6.99. The average Bonchev–Trinajstić information content (AvgIpc) is 2.36. The number of anilines is 1. The number of hydrogen-bond donors (Lipinski definition) is 2. The van der Waals surface area contributed by atoms with E-state index in [-0.39, 0.29) is 0 Å². The van der Waals surface area contributed by atoms with E-state index < -0.39 is 6.09 Å². The van der Waals surface area contributed by atoms with E-state index in [4.69, 9.17) is 27.9 Å². The summed E-state index contributed by atoms with van der Waals surface area (Å²) < 4.78 is 5.20. The molecule has 6 heteroatoms. The summed E-state index contributed by atoms with van der Waals surface area (Å²) in [5, 5.41) is 6.83. The largest absolute Gasteiger partial charge is 0.449 e. The van der Waals surface area contributed by atoms with Crippen LogP contribution in [0.25, 0.3) is 0 Å². The summed E-state index contributed by atoms with van der Waals surface area (Å²) in [5.74, 6) is 0.440. The van der Waals surface area contributed by atoms with Crippen molar-refractivity contribution < 1.29 is 9.53 Å². The molecule has 0 aliphatic carbocycles. The lowest BCUT2D eigenvalue weighted by atomic mass is 9.99. The fraction of sp³-hybridized carbons (Fsp3) is 0.462. The highest BCUT2D eigenvalue weighted by Gasteiger charge is 2.15. The molecule has 2 rings (SSSR count). The fourth-order valence-electron chi connectivity index (χ4n) is 2.02. The van der Waals surface area contributed by atoms with Gasteiger partial charge in [-0.25, -0.2) is 4.79 Å². The number of hydrogen-bond acceptors (Lipinski definition) is 3.